The van der Waals surface area contributed by atoms with E-state index in [1.54, 1.807) is 6.92 Å². The summed E-state index contributed by atoms with van der Waals surface area (Å²) in [6.07, 6.45) is 8.64. The maximum atomic E-state index is 13.1. The van der Waals surface area contributed by atoms with Crippen molar-refractivity contribution in [1.82, 2.24) is 0 Å². The smallest absolute Gasteiger partial charge is 0.348 e. The van der Waals surface area contributed by atoms with E-state index in [1.807, 2.05) is 6.92 Å². The van der Waals surface area contributed by atoms with Crippen LogP contribution in [-0.2, 0) is 14.3 Å². The summed E-state index contributed by atoms with van der Waals surface area (Å²) in [4.78, 5) is 38.2. The van der Waals surface area contributed by atoms with Crippen molar-refractivity contribution in [3.63, 3.8) is 0 Å². The third kappa shape index (κ3) is 4.01. The van der Waals surface area contributed by atoms with Crippen molar-refractivity contribution in [2.75, 3.05) is 19.0 Å². The molecule has 0 radical (unpaired) electrons. The second-order valence-corrected chi connectivity index (χ2v) is 10.6. The number of nitrogens with one attached hydrogen (secondary N) is 1. The van der Waals surface area contributed by atoms with Crippen LogP contribution in [0.2, 0.25) is 0 Å². The van der Waals surface area contributed by atoms with E-state index in [-0.39, 0.29) is 16.9 Å². The van der Waals surface area contributed by atoms with Crippen LogP contribution in [0.4, 0.5) is 5.00 Å². The molecule has 1 aromatic rings. The fourth-order valence-corrected chi connectivity index (χ4v) is 7.55. The van der Waals surface area contributed by atoms with Crippen molar-refractivity contribution in [1.29, 1.82) is 0 Å². The highest BCUT2D eigenvalue weighted by molar-refractivity contribution is 7.18. The Bertz CT molecular complexity index is 823. The molecule has 0 saturated heterocycles. The van der Waals surface area contributed by atoms with Crippen LogP contribution in [0.1, 0.15) is 83.9 Å². The van der Waals surface area contributed by atoms with Gasteiger partial charge in [0.15, 0.2) is 0 Å². The van der Waals surface area contributed by atoms with Gasteiger partial charge in [0.25, 0.3) is 0 Å². The molecular weight excluding hydrogens is 402 g/mol. The molecule has 0 atom stereocenters. The number of methoxy groups -OCH3 is 1. The van der Waals surface area contributed by atoms with E-state index in [9.17, 15) is 14.4 Å². The Hall–Kier alpha value is -1.89. The molecule has 4 bridgehead atoms. The van der Waals surface area contributed by atoms with Crippen molar-refractivity contribution in [2.45, 2.75) is 65.2 Å². The number of thiophene rings is 1. The summed E-state index contributed by atoms with van der Waals surface area (Å²) in [6, 6.07) is 0. The molecule has 4 saturated carbocycles. The molecule has 1 aromatic heterocycles. The number of amides is 1. The number of carbonyl (C=O) groups is 3. The Morgan fingerprint density at radius 2 is 1.67 bits per heavy atom. The molecule has 1 amide bonds. The summed E-state index contributed by atoms with van der Waals surface area (Å²) in [5, 5.41) is 3.35. The predicted octanol–water partition coefficient (Wildman–Crippen LogP) is 4.95. The second kappa shape index (κ2) is 8.33. The van der Waals surface area contributed by atoms with Crippen LogP contribution in [0.15, 0.2) is 0 Å². The normalized spacial score (nSPS) is 29.0. The Labute approximate surface area is 181 Å². The Balaban J connectivity index is 1.53. The minimum Gasteiger partial charge on any atom is -0.465 e. The van der Waals surface area contributed by atoms with Gasteiger partial charge < -0.3 is 14.8 Å². The average Bonchev–Trinajstić information content (AvgIpc) is 2.99. The van der Waals surface area contributed by atoms with Gasteiger partial charge in [0.05, 0.1) is 19.3 Å². The molecule has 4 aliphatic carbocycles. The Morgan fingerprint density at radius 3 is 2.20 bits per heavy atom. The lowest BCUT2D eigenvalue weighted by atomic mass is 9.49. The van der Waals surface area contributed by atoms with Crippen molar-refractivity contribution in [3.05, 3.63) is 16.0 Å². The van der Waals surface area contributed by atoms with Crippen LogP contribution in [0.3, 0.4) is 0 Å². The third-order valence-electron chi connectivity index (χ3n) is 7.11. The van der Waals surface area contributed by atoms with E-state index in [0.717, 1.165) is 48.4 Å². The molecule has 0 spiro atoms. The van der Waals surface area contributed by atoms with Gasteiger partial charge in [-0.25, -0.2) is 9.59 Å². The number of rotatable bonds is 7. The average molecular weight is 434 g/mol. The third-order valence-corrected chi connectivity index (χ3v) is 8.30. The molecular formula is C23H31NO5S. The molecule has 0 aliphatic heterocycles. The van der Waals surface area contributed by atoms with E-state index in [0.29, 0.717) is 34.9 Å². The molecule has 30 heavy (non-hydrogen) atoms. The molecule has 0 aromatic carbocycles. The lowest BCUT2D eigenvalue weighted by Crippen LogP contribution is -2.47. The van der Waals surface area contributed by atoms with E-state index < -0.39 is 11.9 Å². The van der Waals surface area contributed by atoms with Crippen molar-refractivity contribution in [3.8, 4) is 0 Å². The molecule has 0 unspecified atom stereocenters. The minimum atomic E-state index is -0.511. The van der Waals surface area contributed by atoms with Crippen molar-refractivity contribution < 1.29 is 23.9 Å². The predicted molar refractivity (Wildman–Crippen MR) is 115 cm³/mol. The van der Waals surface area contributed by atoms with Gasteiger partial charge in [-0.15, -0.1) is 11.3 Å². The Morgan fingerprint density at radius 1 is 1.07 bits per heavy atom. The number of carbonyl (C=O) groups excluding carboxylic acids is 3. The summed E-state index contributed by atoms with van der Waals surface area (Å²) in [5.74, 6) is 1.24. The summed E-state index contributed by atoms with van der Waals surface area (Å²) >= 11 is 1.09. The van der Waals surface area contributed by atoms with Crippen LogP contribution < -0.4 is 5.32 Å². The van der Waals surface area contributed by atoms with Crippen LogP contribution >= 0.6 is 11.3 Å². The molecule has 4 fully saturated rings. The van der Waals surface area contributed by atoms with Gasteiger partial charge in [-0.05, 0) is 80.6 Å². The number of anilines is 1. The van der Waals surface area contributed by atoms with Gasteiger partial charge in [-0.2, -0.15) is 0 Å². The largest absolute Gasteiger partial charge is 0.465 e. The first-order valence-corrected chi connectivity index (χ1v) is 11.8. The van der Waals surface area contributed by atoms with E-state index >= 15 is 0 Å². The quantitative estimate of drug-likeness (QED) is 0.615. The molecule has 7 heteroatoms. The van der Waals surface area contributed by atoms with Crippen LogP contribution in [0.25, 0.3) is 0 Å². The first-order valence-electron chi connectivity index (χ1n) is 11.0. The first-order chi connectivity index (χ1) is 14.3. The summed E-state index contributed by atoms with van der Waals surface area (Å²) in [5.41, 5.74) is 0.880. The highest BCUT2D eigenvalue weighted by atomic mass is 32.1. The van der Waals surface area contributed by atoms with Gasteiger partial charge in [-0.1, -0.05) is 6.92 Å². The molecule has 1 N–H and O–H groups in total. The van der Waals surface area contributed by atoms with Gasteiger partial charge in [0.2, 0.25) is 5.91 Å². The fourth-order valence-electron chi connectivity index (χ4n) is 6.42. The van der Waals surface area contributed by atoms with E-state index in [1.165, 1.54) is 26.4 Å². The molecule has 164 valence electrons. The number of esters is 2. The van der Waals surface area contributed by atoms with Crippen LogP contribution in [0, 0.1) is 30.1 Å². The zero-order valence-corrected chi connectivity index (χ0v) is 18.9. The summed E-state index contributed by atoms with van der Waals surface area (Å²) in [6.45, 7) is 3.91. The first kappa shape index (κ1) is 21.3. The zero-order valence-electron chi connectivity index (χ0n) is 18.0. The standard InChI is InChI=1S/C23H31NO5S/c1-4-5-29-21(26)18-13(2)19(22(27)28-3)30-20(18)24-17(25)12-23-9-14-6-15(10-23)8-16(7-14)11-23/h14-16H,4-12H2,1-3H3,(H,24,25). The van der Waals surface area contributed by atoms with Gasteiger partial charge in [0, 0.05) is 6.42 Å². The van der Waals surface area contributed by atoms with E-state index in [4.69, 9.17) is 9.47 Å². The summed E-state index contributed by atoms with van der Waals surface area (Å²) in [7, 11) is 1.31. The highest BCUT2D eigenvalue weighted by Gasteiger charge is 2.51. The second-order valence-electron chi connectivity index (χ2n) is 9.53. The maximum absolute atomic E-state index is 13.1. The fraction of sp³-hybridized carbons (Fsp3) is 0.696. The van der Waals surface area contributed by atoms with Crippen molar-refractivity contribution in [2.24, 2.45) is 23.2 Å². The summed E-state index contributed by atoms with van der Waals surface area (Å²) < 4.78 is 10.2. The zero-order chi connectivity index (χ0) is 21.5. The van der Waals surface area contributed by atoms with E-state index in [2.05, 4.69) is 5.32 Å². The van der Waals surface area contributed by atoms with Gasteiger partial charge in [-0.3, -0.25) is 4.79 Å². The minimum absolute atomic E-state index is 0.0702. The molecule has 6 nitrogen and oxygen atoms in total. The van der Waals surface area contributed by atoms with Crippen molar-refractivity contribution >= 4 is 34.2 Å². The SMILES string of the molecule is CCCOC(=O)c1c(NC(=O)CC23CC4CC(CC(C4)C2)C3)sc(C(=O)OC)c1C. The van der Waals surface area contributed by atoms with Gasteiger partial charge in [0.1, 0.15) is 9.88 Å². The molecule has 4 aliphatic rings. The highest BCUT2D eigenvalue weighted by Crippen LogP contribution is 2.61. The van der Waals surface area contributed by atoms with Crippen LogP contribution in [0.5, 0.6) is 0 Å². The molecule has 5 rings (SSSR count). The monoisotopic (exact) mass is 433 g/mol. The maximum Gasteiger partial charge on any atom is 0.348 e. The lowest BCUT2D eigenvalue weighted by molar-refractivity contribution is -0.124. The molecule has 1 heterocycles. The van der Waals surface area contributed by atoms with Crippen LogP contribution in [-0.4, -0.2) is 31.6 Å². The number of hydrogen-bond donors (Lipinski definition) is 1. The lowest BCUT2D eigenvalue weighted by Gasteiger charge is -2.56. The number of ether oxygens (including phenoxy) is 2. The number of hydrogen-bond acceptors (Lipinski definition) is 6. The van der Waals surface area contributed by atoms with Gasteiger partial charge >= 0.3 is 11.9 Å². The Kier molecular flexibility index (Phi) is 5.93. The topological polar surface area (TPSA) is 81.7 Å².